The van der Waals surface area contributed by atoms with E-state index in [2.05, 4.69) is 15.5 Å². The third-order valence-electron chi connectivity index (χ3n) is 4.60. The fraction of sp³-hybridized carbons (Fsp3) is 0.529. The molecule has 0 aliphatic carbocycles. The van der Waals surface area contributed by atoms with E-state index in [0.29, 0.717) is 6.42 Å². The van der Waals surface area contributed by atoms with Crippen LogP contribution in [0.3, 0.4) is 0 Å². The summed E-state index contributed by atoms with van der Waals surface area (Å²) >= 11 is 0. The van der Waals surface area contributed by atoms with Crippen molar-refractivity contribution < 1.29 is 9.59 Å². The molecule has 1 aromatic carbocycles. The zero-order chi connectivity index (χ0) is 16.2. The van der Waals surface area contributed by atoms with Crippen LogP contribution in [-0.4, -0.2) is 55.5 Å². The van der Waals surface area contributed by atoms with E-state index in [4.69, 9.17) is 0 Å². The van der Waals surface area contributed by atoms with Crippen LogP contribution in [0.25, 0.3) is 0 Å². The number of anilines is 2. The van der Waals surface area contributed by atoms with Crippen molar-refractivity contribution in [2.24, 2.45) is 0 Å². The van der Waals surface area contributed by atoms with Gasteiger partial charge >= 0.3 is 0 Å². The number of carbonyl (C=O) groups is 2. The SMILES string of the molecule is CC(C(=O)Nc1ccc(N2CCCC2=O)cc1)N1CCNCC1. The first-order valence-corrected chi connectivity index (χ1v) is 8.31. The number of hydrogen-bond donors (Lipinski definition) is 2. The molecule has 0 bridgehead atoms. The van der Waals surface area contributed by atoms with Gasteiger partial charge < -0.3 is 15.5 Å². The second-order valence-electron chi connectivity index (χ2n) is 6.15. The molecule has 2 amide bonds. The molecule has 6 nitrogen and oxygen atoms in total. The first-order valence-electron chi connectivity index (χ1n) is 8.31. The Hall–Kier alpha value is -1.92. The Morgan fingerprint density at radius 2 is 1.87 bits per heavy atom. The number of amides is 2. The van der Waals surface area contributed by atoms with Gasteiger partial charge in [0.1, 0.15) is 0 Å². The summed E-state index contributed by atoms with van der Waals surface area (Å²) in [5, 5.41) is 6.25. The maximum absolute atomic E-state index is 12.4. The van der Waals surface area contributed by atoms with E-state index >= 15 is 0 Å². The van der Waals surface area contributed by atoms with Gasteiger partial charge in [-0.2, -0.15) is 0 Å². The molecule has 2 aliphatic heterocycles. The Bertz CT molecular complexity index is 566. The molecule has 1 atom stereocenters. The van der Waals surface area contributed by atoms with Crippen molar-refractivity contribution in [3.8, 4) is 0 Å². The number of rotatable bonds is 4. The van der Waals surface area contributed by atoms with Crippen molar-refractivity contribution >= 4 is 23.2 Å². The van der Waals surface area contributed by atoms with Gasteiger partial charge in [-0.25, -0.2) is 0 Å². The lowest BCUT2D eigenvalue weighted by atomic mass is 10.2. The molecule has 2 heterocycles. The van der Waals surface area contributed by atoms with E-state index in [1.165, 1.54) is 0 Å². The first-order chi connectivity index (χ1) is 11.1. The maximum atomic E-state index is 12.4. The highest BCUT2D eigenvalue weighted by atomic mass is 16.2. The van der Waals surface area contributed by atoms with E-state index in [0.717, 1.165) is 50.5 Å². The van der Waals surface area contributed by atoms with Gasteiger partial charge in [0.2, 0.25) is 11.8 Å². The second kappa shape index (κ2) is 7.10. The van der Waals surface area contributed by atoms with Gasteiger partial charge in [-0.3, -0.25) is 14.5 Å². The second-order valence-corrected chi connectivity index (χ2v) is 6.15. The van der Waals surface area contributed by atoms with E-state index in [1.807, 2.05) is 31.2 Å². The Morgan fingerprint density at radius 3 is 2.48 bits per heavy atom. The van der Waals surface area contributed by atoms with Crippen LogP contribution in [0.5, 0.6) is 0 Å². The van der Waals surface area contributed by atoms with Crippen LogP contribution in [0.4, 0.5) is 11.4 Å². The molecule has 2 N–H and O–H groups in total. The largest absolute Gasteiger partial charge is 0.325 e. The number of hydrogen-bond acceptors (Lipinski definition) is 4. The Balaban J connectivity index is 1.59. The topological polar surface area (TPSA) is 64.7 Å². The highest BCUT2D eigenvalue weighted by Gasteiger charge is 2.23. The van der Waals surface area contributed by atoms with E-state index in [9.17, 15) is 9.59 Å². The van der Waals surface area contributed by atoms with Crippen LogP contribution in [0, 0.1) is 0 Å². The van der Waals surface area contributed by atoms with Gasteiger partial charge in [-0.1, -0.05) is 0 Å². The minimum absolute atomic E-state index is 0.0110. The van der Waals surface area contributed by atoms with Gasteiger partial charge in [-0.05, 0) is 37.6 Å². The van der Waals surface area contributed by atoms with Crippen molar-refractivity contribution in [2.45, 2.75) is 25.8 Å². The molecule has 23 heavy (non-hydrogen) atoms. The van der Waals surface area contributed by atoms with Crippen LogP contribution in [0.2, 0.25) is 0 Å². The van der Waals surface area contributed by atoms with Crippen molar-refractivity contribution in [3.63, 3.8) is 0 Å². The molecular formula is C17H24N4O2. The Kier molecular flexibility index (Phi) is 4.93. The Labute approximate surface area is 136 Å². The van der Waals surface area contributed by atoms with Crippen molar-refractivity contribution in [1.29, 1.82) is 0 Å². The van der Waals surface area contributed by atoms with Crippen LogP contribution < -0.4 is 15.5 Å². The lowest BCUT2D eigenvalue weighted by molar-refractivity contribution is -0.121. The highest BCUT2D eigenvalue weighted by Crippen LogP contribution is 2.23. The number of piperazine rings is 1. The summed E-state index contributed by atoms with van der Waals surface area (Å²) in [6.45, 7) is 6.37. The fourth-order valence-corrected chi connectivity index (χ4v) is 3.13. The van der Waals surface area contributed by atoms with E-state index in [-0.39, 0.29) is 17.9 Å². The summed E-state index contributed by atoms with van der Waals surface area (Å²) < 4.78 is 0. The maximum Gasteiger partial charge on any atom is 0.241 e. The minimum atomic E-state index is -0.142. The molecule has 0 saturated carbocycles. The summed E-state index contributed by atoms with van der Waals surface area (Å²) in [6.07, 6.45) is 1.54. The molecule has 2 fully saturated rings. The Morgan fingerprint density at radius 1 is 1.17 bits per heavy atom. The molecule has 0 aromatic heterocycles. The van der Waals surface area contributed by atoms with Gasteiger partial charge in [0.25, 0.3) is 0 Å². The molecule has 3 rings (SSSR count). The standard InChI is InChI=1S/C17H24N4O2/c1-13(20-11-8-18-9-12-20)17(23)19-14-4-6-15(7-5-14)21-10-2-3-16(21)22/h4-7,13,18H,2-3,8-12H2,1H3,(H,19,23). The molecule has 0 spiro atoms. The number of carbonyl (C=O) groups excluding carboxylic acids is 2. The van der Waals surface area contributed by atoms with Crippen molar-refractivity contribution in [1.82, 2.24) is 10.2 Å². The molecule has 6 heteroatoms. The molecule has 124 valence electrons. The lowest BCUT2D eigenvalue weighted by Crippen LogP contribution is -2.51. The lowest BCUT2D eigenvalue weighted by Gasteiger charge is -2.31. The summed E-state index contributed by atoms with van der Waals surface area (Å²) in [7, 11) is 0. The van der Waals surface area contributed by atoms with Gasteiger partial charge in [0.05, 0.1) is 6.04 Å². The normalized spacial score (nSPS) is 20.6. The molecule has 1 unspecified atom stereocenters. The summed E-state index contributed by atoms with van der Waals surface area (Å²) in [5.41, 5.74) is 1.67. The monoisotopic (exact) mass is 316 g/mol. The third-order valence-corrected chi connectivity index (χ3v) is 4.60. The van der Waals surface area contributed by atoms with Crippen molar-refractivity contribution in [3.05, 3.63) is 24.3 Å². The average Bonchev–Trinajstić information content (AvgIpc) is 3.01. The first kappa shape index (κ1) is 16.0. The zero-order valence-electron chi connectivity index (χ0n) is 13.5. The molecule has 0 radical (unpaired) electrons. The van der Waals surface area contributed by atoms with Crippen molar-refractivity contribution in [2.75, 3.05) is 42.9 Å². The summed E-state index contributed by atoms with van der Waals surface area (Å²) in [5.74, 6) is 0.186. The van der Waals surface area contributed by atoms with Gasteiger partial charge in [0, 0.05) is 50.5 Å². The fourth-order valence-electron chi connectivity index (χ4n) is 3.13. The zero-order valence-corrected chi connectivity index (χ0v) is 13.5. The average molecular weight is 316 g/mol. The quantitative estimate of drug-likeness (QED) is 0.871. The number of nitrogens with one attached hydrogen (secondary N) is 2. The summed E-state index contributed by atoms with van der Waals surface area (Å²) in [6, 6.07) is 7.38. The van der Waals surface area contributed by atoms with Crippen LogP contribution in [0.1, 0.15) is 19.8 Å². The molecular weight excluding hydrogens is 292 g/mol. The minimum Gasteiger partial charge on any atom is -0.325 e. The molecule has 2 aliphatic rings. The van der Waals surface area contributed by atoms with Gasteiger partial charge in [-0.15, -0.1) is 0 Å². The van der Waals surface area contributed by atoms with Crippen LogP contribution >= 0.6 is 0 Å². The van der Waals surface area contributed by atoms with E-state index < -0.39 is 0 Å². The predicted molar refractivity (Wildman–Crippen MR) is 90.6 cm³/mol. The predicted octanol–water partition coefficient (Wildman–Crippen LogP) is 1.05. The smallest absolute Gasteiger partial charge is 0.241 e. The highest BCUT2D eigenvalue weighted by molar-refractivity contribution is 5.97. The number of benzene rings is 1. The van der Waals surface area contributed by atoms with Gasteiger partial charge in [0.15, 0.2) is 0 Å². The molecule has 2 saturated heterocycles. The molecule has 1 aromatic rings. The van der Waals surface area contributed by atoms with E-state index in [1.54, 1.807) is 4.90 Å². The van der Waals surface area contributed by atoms with Crippen LogP contribution in [0.15, 0.2) is 24.3 Å². The summed E-state index contributed by atoms with van der Waals surface area (Å²) in [4.78, 5) is 28.1. The third kappa shape index (κ3) is 3.71. The van der Waals surface area contributed by atoms with Crippen LogP contribution in [-0.2, 0) is 9.59 Å². The number of nitrogens with zero attached hydrogens (tertiary/aromatic N) is 2.